The van der Waals surface area contributed by atoms with Crippen molar-refractivity contribution >= 4 is 23.2 Å². The van der Waals surface area contributed by atoms with E-state index in [1.54, 1.807) is 17.1 Å². The van der Waals surface area contributed by atoms with Crippen LogP contribution in [0.3, 0.4) is 0 Å². The lowest BCUT2D eigenvalue weighted by Gasteiger charge is -2.13. The van der Waals surface area contributed by atoms with E-state index in [4.69, 9.17) is 23.2 Å². The molecule has 0 saturated heterocycles. The fourth-order valence-electron chi connectivity index (χ4n) is 1.61. The molecular weight excluding hydrogens is 245 g/mol. The number of hydrogen-bond acceptors (Lipinski definition) is 2. The normalized spacial score (nSPS) is 12.7. The van der Waals surface area contributed by atoms with Gasteiger partial charge >= 0.3 is 0 Å². The third-order valence-electron chi connectivity index (χ3n) is 2.42. The molecule has 1 heterocycles. The van der Waals surface area contributed by atoms with Crippen LogP contribution in [0.25, 0.3) is 0 Å². The summed E-state index contributed by atoms with van der Waals surface area (Å²) >= 11 is 12.0. The fraction of sp³-hybridized carbons (Fsp3) is 0.273. The largest absolute Gasteiger partial charge is 0.252 e. The smallest absolute Gasteiger partial charge is 0.137 e. The minimum atomic E-state index is 0.270. The van der Waals surface area contributed by atoms with Gasteiger partial charge in [-0.05, 0) is 17.7 Å². The summed E-state index contributed by atoms with van der Waals surface area (Å²) in [5, 5.41) is 5.41. The van der Waals surface area contributed by atoms with Crippen molar-refractivity contribution in [2.24, 2.45) is 0 Å². The molecule has 0 aliphatic heterocycles. The van der Waals surface area contributed by atoms with Gasteiger partial charge in [0.15, 0.2) is 0 Å². The van der Waals surface area contributed by atoms with Crippen LogP contribution in [0, 0.1) is 0 Å². The molecule has 1 aromatic heterocycles. The van der Waals surface area contributed by atoms with Gasteiger partial charge in [0.25, 0.3) is 0 Å². The molecule has 0 bridgehead atoms. The van der Waals surface area contributed by atoms with Crippen LogP contribution in [0.4, 0.5) is 0 Å². The zero-order valence-corrected chi connectivity index (χ0v) is 10.3. The summed E-state index contributed by atoms with van der Waals surface area (Å²) in [4.78, 5) is 3.90. The molecule has 84 valence electrons. The predicted octanol–water partition coefficient (Wildman–Crippen LogP) is 3.39. The number of hydrogen-bond donors (Lipinski definition) is 0. The summed E-state index contributed by atoms with van der Waals surface area (Å²) in [6, 6.07) is 5.56. The van der Waals surface area contributed by atoms with Gasteiger partial charge in [0, 0.05) is 22.5 Å². The van der Waals surface area contributed by atoms with Crippen LogP contribution >= 0.6 is 23.2 Å². The Morgan fingerprint density at radius 3 is 2.81 bits per heavy atom. The van der Waals surface area contributed by atoms with Crippen LogP contribution < -0.4 is 0 Å². The highest BCUT2D eigenvalue weighted by molar-refractivity contribution is 6.35. The van der Waals surface area contributed by atoms with Gasteiger partial charge in [-0.15, -0.1) is 0 Å². The van der Waals surface area contributed by atoms with Gasteiger partial charge in [-0.2, -0.15) is 5.10 Å². The molecule has 0 amide bonds. The molecule has 5 heteroatoms. The molecule has 1 aromatic carbocycles. The van der Waals surface area contributed by atoms with Crippen LogP contribution in [-0.4, -0.2) is 14.8 Å². The lowest BCUT2D eigenvalue weighted by molar-refractivity contribution is 0.542. The van der Waals surface area contributed by atoms with Gasteiger partial charge in [-0.25, -0.2) is 4.98 Å². The van der Waals surface area contributed by atoms with Crippen molar-refractivity contribution in [2.45, 2.75) is 19.4 Å². The molecule has 0 radical (unpaired) electrons. The molecular formula is C11H11Cl2N3. The molecule has 2 rings (SSSR count). The molecule has 0 N–H and O–H groups in total. The minimum Gasteiger partial charge on any atom is -0.252 e. The Bertz CT molecular complexity index is 468. The maximum Gasteiger partial charge on any atom is 0.137 e. The number of benzene rings is 1. The first-order valence-corrected chi connectivity index (χ1v) is 5.70. The SMILES string of the molecule is CC(Cn1cncn1)c1ccc(Cl)cc1Cl. The van der Waals surface area contributed by atoms with Crippen LogP contribution in [-0.2, 0) is 6.54 Å². The quantitative estimate of drug-likeness (QED) is 0.842. The zero-order chi connectivity index (χ0) is 11.5. The summed E-state index contributed by atoms with van der Waals surface area (Å²) in [5.41, 5.74) is 1.07. The second kappa shape index (κ2) is 4.85. The summed E-state index contributed by atoms with van der Waals surface area (Å²) in [7, 11) is 0. The van der Waals surface area contributed by atoms with E-state index in [1.807, 2.05) is 12.1 Å². The van der Waals surface area contributed by atoms with Crippen molar-refractivity contribution < 1.29 is 0 Å². The van der Waals surface area contributed by atoms with E-state index in [2.05, 4.69) is 17.0 Å². The Morgan fingerprint density at radius 2 is 2.19 bits per heavy atom. The first kappa shape index (κ1) is 11.4. The standard InChI is InChI=1S/C11H11Cl2N3/c1-8(5-16-7-14-6-15-16)10-3-2-9(12)4-11(10)13/h2-4,6-8H,5H2,1H3. The molecule has 0 fully saturated rings. The third kappa shape index (κ3) is 2.54. The average Bonchev–Trinajstić information content (AvgIpc) is 2.70. The van der Waals surface area contributed by atoms with Crippen molar-refractivity contribution in [2.75, 3.05) is 0 Å². The van der Waals surface area contributed by atoms with Gasteiger partial charge in [0.05, 0.1) is 0 Å². The van der Waals surface area contributed by atoms with Gasteiger partial charge in [-0.1, -0.05) is 36.2 Å². The molecule has 3 nitrogen and oxygen atoms in total. The molecule has 0 aliphatic carbocycles. The third-order valence-corrected chi connectivity index (χ3v) is 2.98. The number of nitrogens with zero attached hydrogens (tertiary/aromatic N) is 3. The Morgan fingerprint density at radius 1 is 1.38 bits per heavy atom. The minimum absolute atomic E-state index is 0.270. The van der Waals surface area contributed by atoms with E-state index in [1.165, 1.54) is 6.33 Å². The Hall–Kier alpha value is -1.06. The van der Waals surface area contributed by atoms with Crippen LogP contribution in [0.15, 0.2) is 30.9 Å². The maximum absolute atomic E-state index is 6.13. The maximum atomic E-state index is 6.13. The highest BCUT2D eigenvalue weighted by Crippen LogP contribution is 2.28. The van der Waals surface area contributed by atoms with E-state index < -0.39 is 0 Å². The summed E-state index contributed by atoms with van der Waals surface area (Å²) in [6.07, 6.45) is 3.22. The monoisotopic (exact) mass is 255 g/mol. The Kier molecular flexibility index (Phi) is 3.46. The van der Waals surface area contributed by atoms with E-state index in [0.717, 1.165) is 12.1 Å². The zero-order valence-electron chi connectivity index (χ0n) is 8.77. The first-order chi connectivity index (χ1) is 7.66. The molecule has 1 unspecified atom stereocenters. The average molecular weight is 256 g/mol. The van der Waals surface area contributed by atoms with Gasteiger partial charge in [-0.3, -0.25) is 4.68 Å². The summed E-state index contributed by atoms with van der Waals surface area (Å²) in [5.74, 6) is 0.270. The van der Waals surface area contributed by atoms with Crippen molar-refractivity contribution in [1.29, 1.82) is 0 Å². The molecule has 0 aliphatic rings. The molecule has 1 atom stereocenters. The Balaban J connectivity index is 2.17. The topological polar surface area (TPSA) is 30.7 Å². The first-order valence-electron chi connectivity index (χ1n) is 4.94. The van der Waals surface area contributed by atoms with Crippen molar-refractivity contribution in [3.63, 3.8) is 0 Å². The van der Waals surface area contributed by atoms with E-state index in [0.29, 0.717) is 10.0 Å². The summed E-state index contributed by atoms with van der Waals surface area (Å²) < 4.78 is 1.79. The second-order valence-corrected chi connectivity index (χ2v) is 4.53. The number of halogens is 2. The molecule has 2 aromatic rings. The van der Waals surface area contributed by atoms with Crippen LogP contribution in [0.2, 0.25) is 10.0 Å². The van der Waals surface area contributed by atoms with Crippen LogP contribution in [0.1, 0.15) is 18.4 Å². The molecule has 0 spiro atoms. The molecule has 16 heavy (non-hydrogen) atoms. The summed E-state index contributed by atoms with van der Waals surface area (Å²) in [6.45, 7) is 2.85. The highest BCUT2D eigenvalue weighted by Gasteiger charge is 2.11. The lowest BCUT2D eigenvalue weighted by Crippen LogP contribution is -2.07. The van der Waals surface area contributed by atoms with Gasteiger partial charge in [0.1, 0.15) is 12.7 Å². The Labute approximate surface area is 104 Å². The number of aromatic nitrogens is 3. The highest BCUT2D eigenvalue weighted by atomic mass is 35.5. The van der Waals surface area contributed by atoms with Crippen molar-refractivity contribution in [3.8, 4) is 0 Å². The number of rotatable bonds is 3. The fourth-order valence-corrected chi connectivity index (χ4v) is 2.20. The van der Waals surface area contributed by atoms with Gasteiger partial charge in [0.2, 0.25) is 0 Å². The predicted molar refractivity (Wildman–Crippen MR) is 64.9 cm³/mol. The van der Waals surface area contributed by atoms with Crippen molar-refractivity contribution in [1.82, 2.24) is 14.8 Å². The van der Waals surface area contributed by atoms with E-state index in [9.17, 15) is 0 Å². The molecule has 0 saturated carbocycles. The lowest BCUT2D eigenvalue weighted by atomic mass is 10.0. The van der Waals surface area contributed by atoms with Crippen LogP contribution in [0.5, 0.6) is 0 Å². The van der Waals surface area contributed by atoms with Crippen molar-refractivity contribution in [3.05, 3.63) is 46.5 Å². The van der Waals surface area contributed by atoms with E-state index in [-0.39, 0.29) is 5.92 Å². The van der Waals surface area contributed by atoms with Gasteiger partial charge < -0.3 is 0 Å². The second-order valence-electron chi connectivity index (χ2n) is 3.68. The van der Waals surface area contributed by atoms with E-state index >= 15 is 0 Å².